The summed E-state index contributed by atoms with van der Waals surface area (Å²) >= 11 is 0. The van der Waals surface area contributed by atoms with Crippen LogP contribution < -0.4 is 5.32 Å². The Morgan fingerprint density at radius 1 is 0.931 bits per heavy atom. The van der Waals surface area contributed by atoms with Crippen LogP contribution in [0.25, 0.3) is 0 Å². The molecule has 1 atom stereocenters. The molecule has 3 aromatic carbocycles. The molecule has 0 aliphatic carbocycles. The van der Waals surface area contributed by atoms with Crippen LogP contribution in [0.1, 0.15) is 27.5 Å². The first-order chi connectivity index (χ1) is 13.9. The van der Waals surface area contributed by atoms with E-state index in [4.69, 9.17) is 0 Å². The average molecular weight is 396 g/mol. The first-order valence-corrected chi connectivity index (χ1v) is 8.84. The fourth-order valence-electron chi connectivity index (χ4n) is 3.46. The third kappa shape index (κ3) is 3.59. The summed E-state index contributed by atoms with van der Waals surface area (Å²) in [6, 6.07) is 13.6. The predicted molar refractivity (Wildman–Crippen MR) is 101 cm³/mol. The lowest BCUT2D eigenvalue weighted by Crippen LogP contribution is -2.39. The Labute approximate surface area is 164 Å². The van der Waals surface area contributed by atoms with E-state index in [0.717, 1.165) is 11.0 Å². The molecule has 0 fully saturated rings. The van der Waals surface area contributed by atoms with Crippen molar-refractivity contribution in [3.63, 3.8) is 0 Å². The van der Waals surface area contributed by atoms with E-state index < -0.39 is 35.3 Å². The minimum Gasteiger partial charge on any atom is -0.324 e. The number of halogens is 3. The number of rotatable bonds is 2. The number of amides is 2. The van der Waals surface area contributed by atoms with E-state index in [0.29, 0.717) is 16.8 Å². The van der Waals surface area contributed by atoms with Gasteiger partial charge in [0.15, 0.2) is 0 Å². The normalized spacial score (nSPS) is 16.0. The van der Waals surface area contributed by atoms with Gasteiger partial charge in [-0.2, -0.15) is 0 Å². The zero-order valence-electron chi connectivity index (χ0n) is 15.0. The molecular weight excluding hydrogens is 381 g/mol. The summed E-state index contributed by atoms with van der Waals surface area (Å²) in [4.78, 5) is 26.8. The van der Waals surface area contributed by atoms with Crippen molar-refractivity contribution in [2.24, 2.45) is 0 Å². The van der Waals surface area contributed by atoms with E-state index >= 15 is 0 Å². The molecule has 0 spiro atoms. The Kier molecular flexibility index (Phi) is 4.80. The van der Waals surface area contributed by atoms with Crippen LogP contribution in [-0.2, 0) is 4.79 Å². The number of hydrogen-bond donors (Lipinski definition) is 1. The molecule has 1 aliphatic heterocycles. The van der Waals surface area contributed by atoms with Gasteiger partial charge in [-0.05, 0) is 48.0 Å². The maximum atomic E-state index is 14.3. The highest BCUT2D eigenvalue weighted by molar-refractivity contribution is 6.01. The van der Waals surface area contributed by atoms with Crippen molar-refractivity contribution in [3.05, 3.63) is 101 Å². The molecule has 7 heteroatoms. The molecule has 1 heterocycles. The van der Waals surface area contributed by atoms with E-state index in [1.54, 1.807) is 0 Å². The topological polar surface area (TPSA) is 49.4 Å². The van der Waals surface area contributed by atoms with Crippen LogP contribution in [0.15, 0.2) is 66.7 Å². The summed E-state index contributed by atoms with van der Waals surface area (Å²) < 4.78 is 41.8. The standard InChI is InChI=1S/C22H15F3N2O2/c23-14-7-5-13(6-8-14)21-17-11-15(24)9-10-19(17)26-20(28)12-27(21)22(29)16-3-1-2-4-18(16)25/h1-11,21H,12H2,(H,26,28)/t21-/m0/s1. The number of benzene rings is 3. The van der Waals surface area contributed by atoms with Gasteiger partial charge < -0.3 is 10.2 Å². The number of carbonyl (C=O) groups excluding carboxylic acids is 2. The van der Waals surface area contributed by atoms with E-state index in [-0.39, 0.29) is 12.1 Å². The zero-order chi connectivity index (χ0) is 20.5. The van der Waals surface area contributed by atoms with Gasteiger partial charge in [0.1, 0.15) is 24.0 Å². The molecule has 4 nitrogen and oxygen atoms in total. The predicted octanol–water partition coefficient (Wildman–Crippen LogP) is 4.29. The summed E-state index contributed by atoms with van der Waals surface area (Å²) in [5.41, 5.74) is 0.883. The minimum absolute atomic E-state index is 0.215. The smallest absolute Gasteiger partial charge is 0.258 e. The highest BCUT2D eigenvalue weighted by Crippen LogP contribution is 2.37. The highest BCUT2D eigenvalue weighted by Gasteiger charge is 2.35. The Morgan fingerprint density at radius 2 is 1.62 bits per heavy atom. The van der Waals surface area contributed by atoms with Crippen molar-refractivity contribution in [1.82, 2.24) is 4.90 Å². The molecule has 3 aromatic rings. The second kappa shape index (κ2) is 7.43. The molecule has 4 rings (SSSR count). The summed E-state index contributed by atoms with van der Waals surface area (Å²) in [5, 5.41) is 2.64. The molecule has 0 aromatic heterocycles. The van der Waals surface area contributed by atoms with Crippen molar-refractivity contribution in [3.8, 4) is 0 Å². The maximum absolute atomic E-state index is 14.3. The van der Waals surface area contributed by atoms with E-state index in [1.807, 2.05) is 0 Å². The third-order valence-electron chi connectivity index (χ3n) is 4.76. The Morgan fingerprint density at radius 3 is 2.34 bits per heavy atom. The van der Waals surface area contributed by atoms with E-state index in [2.05, 4.69) is 5.32 Å². The summed E-state index contributed by atoms with van der Waals surface area (Å²) in [5.74, 6) is -3.02. The molecular formula is C22H15F3N2O2. The van der Waals surface area contributed by atoms with Gasteiger partial charge in [0.05, 0.1) is 11.6 Å². The lowest BCUT2D eigenvalue weighted by Gasteiger charge is -2.30. The van der Waals surface area contributed by atoms with Crippen LogP contribution in [0.3, 0.4) is 0 Å². The number of nitrogens with one attached hydrogen (secondary N) is 1. The van der Waals surface area contributed by atoms with Crippen molar-refractivity contribution in [2.45, 2.75) is 6.04 Å². The lowest BCUT2D eigenvalue weighted by atomic mass is 9.95. The molecule has 1 N–H and O–H groups in total. The number of hydrogen-bond acceptors (Lipinski definition) is 2. The molecule has 1 aliphatic rings. The molecule has 146 valence electrons. The van der Waals surface area contributed by atoms with Gasteiger partial charge in [0.2, 0.25) is 5.91 Å². The van der Waals surface area contributed by atoms with Gasteiger partial charge in [0, 0.05) is 11.3 Å². The van der Waals surface area contributed by atoms with E-state index in [1.165, 1.54) is 60.7 Å². The summed E-state index contributed by atoms with van der Waals surface area (Å²) in [7, 11) is 0. The molecule has 0 saturated heterocycles. The Hall–Kier alpha value is -3.61. The van der Waals surface area contributed by atoms with Crippen LogP contribution in [-0.4, -0.2) is 23.3 Å². The van der Waals surface area contributed by atoms with Gasteiger partial charge in [0.25, 0.3) is 5.91 Å². The summed E-state index contributed by atoms with van der Waals surface area (Å²) in [6.07, 6.45) is 0. The van der Waals surface area contributed by atoms with Crippen LogP contribution in [0.2, 0.25) is 0 Å². The number of carbonyl (C=O) groups is 2. The van der Waals surface area contributed by atoms with Crippen LogP contribution >= 0.6 is 0 Å². The average Bonchev–Trinajstić information content (AvgIpc) is 2.84. The van der Waals surface area contributed by atoms with Crippen LogP contribution in [0.4, 0.5) is 18.9 Å². The second-order valence-electron chi connectivity index (χ2n) is 6.65. The third-order valence-corrected chi connectivity index (χ3v) is 4.76. The van der Waals surface area contributed by atoms with E-state index in [9.17, 15) is 22.8 Å². The van der Waals surface area contributed by atoms with Crippen molar-refractivity contribution in [1.29, 1.82) is 0 Å². The van der Waals surface area contributed by atoms with Crippen LogP contribution in [0, 0.1) is 17.5 Å². The maximum Gasteiger partial charge on any atom is 0.258 e. The Bertz CT molecular complexity index is 1100. The quantitative estimate of drug-likeness (QED) is 0.703. The summed E-state index contributed by atoms with van der Waals surface area (Å²) in [6.45, 7) is -0.383. The van der Waals surface area contributed by atoms with Crippen molar-refractivity contribution < 1.29 is 22.8 Å². The lowest BCUT2D eigenvalue weighted by molar-refractivity contribution is -0.117. The SMILES string of the molecule is O=C1CN(C(=O)c2ccccc2F)[C@@H](c2ccc(F)cc2)c2cc(F)ccc2N1. The molecule has 0 bridgehead atoms. The van der Waals surface area contributed by atoms with Gasteiger partial charge in [-0.15, -0.1) is 0 Å². The largest absolute Gasteiger partial charge is 0.324 e. The minimum atomic E-state index is -0.924. The van der Waals surface area contributed by atoms with Gasteiger partial charge in [-0.25, -0.2) is 13.2 Å². The fraction of sp³-hybridized carbons (Fsp3) is 0.0909. The Balaban J connectivity index is 1.91. The van der Waals surface area contributed by atoms with Gasteiger partial charge >= 0.3 is 0 Å². The zero-order valence-corrected chi connectivity index (χ0v) is 15.0. The fourth-order valence-corrected chi connectivity index (χ4v) is 3.46. The molecule has 0 radical (unpaired) electrons. The second-order valence-corrected chi connectivity index (χ2v) is 6.65. The number of nitrogens with zero attached hydrogens (tertiary/aromatic N) is 1. The monoisotopic (exact) mass is 396 g/mol. The van der Waals surface area contributed by atoms with Gasteiger partial charge in [-0.1, -0.05) is 24.3 Å². The first kappa shape index (κ1) is 18.7. The molecule has 29 heavy (non-hydrogen) atoms. The number of fused-ring (bicyclic) bond motifs is 1. The van der Waals surface area contributed by atoms with Crippen molar-refractivity contribution in [2.75, 3.05) is 11.9 Å². The molecule has 0 unspecified atom stereocenters. The number of anilines is 1. The van der Waals surface area contributed by atoms with Crippen molar-refractivity contribution >= 4 is 17.5 Å². The van der Waals surface area contributed by atoms with Gasteiger partial charge in [-0.3, -0.25) is 9.59 Å². The van der Waals surface area contributed by atoms with Crippen LogP contribution in [0.5, 0.6) is 0 Å². The molecule has 2 amide bonds. The first-order valence-electron chi connectivity index (χ1n) is 8.84. The highest BCUT2D eigenvalue weighted by atomic mass is 19.1. The molecule has 0 saturated carbocycles.